The van der Waals surface area contributed by atoms with Crippen LogP contribution in [0.3, 0.4) is 0 Å². The first-order chi connectivity index (χ1) is 9.99. The van der Waals surface area contributed by atoms with Crippen LogP contribution < -0.4 is 16.4 Å². The molecule has 2 atom stereocenters. The topological polar surface area (TPSA) is 97.1 Å². The Kier molecular flexibility index (Phi) is 9.12. The molecule has 0 saturated heterocycles. The lowest BCUT2D eigenvalue weighted by Gasteiger charge is -2.37. The number of pyridine rings is 1. The van der Waals surface area contributed by atoms with Crippen LogP contribution in [0.5, 0.6) is 0 Å². The highest BCUT2D eigenvalue weighted by Crippen LogP contribution is 2.31. The minimum absolute atomic E-state index is 0. The maximum Gasteiger partial charge on any atom is 0.243 e. The summed E-state index contributed by atoms with van der Waals surface area (Å²) >= 11 is 0. The van der Waals surface area contributed by atoms with Crippen LogP contribution in [0.15, 0.2) is 24.5 Å². The van der Waals surface area contributed by atoms with Crippen molar-refractivity contribution < 1.29 is 9.59 Å². The standard InChI is InChI=1S/C15H22N4O2.2ClH/c1-15(16)7-3-2-6-12(15)14(21)18-10-13(20)19-11-5-4-8-17-9-11;;/h4-5,8-9,12H,2-3,6-7,10,16H2,1H3,(H,18,21)(H,19,20);2*1H. The molecule has 1 saturated carbocycles. The Morgan fingerprint density at radius 1 is 1.39 bits per heavy atom. The lowest BCUT2D eigenvalue weighted by atomic mass is 9.74. The van der Waals surface area contributed by atoms with Gasteiger partial charge in [-0.15, -0.1) is 24.8 Å². The maximum absolute atomic E-state index is 12.2. The molecule has 23 heavy (non-hydrogen) atoms. The second-order valence-electron chi connectivity index (χ2n) is 5.81. The van der Waals surface area contributed by atoms with Gasteiger partial charge in [0.2, 0.25) is 11.8 Å². The van der Waals surface area contributed by atoms with Crippen LogP contribution in [0, 0.1) is 5.92 Å². The van der Waals surface area contributed by atoms with E-state index in [1.54, 1.807) is 24.5 Å². The number of carbonyl (C=O) groups excluding carboxylic acids is 2. The van der Waals surface area contributed by atoms with E-state index < -0.39 is 5.54 Å². The molecule has 2 amide bonds. The maximum atomic E-state index is 12.2. The predicted octanol–water partition coefficient (Wildman–Crippen LogP) is 1.89. The third-order valence-corrected chi connectivity index (χ3v) is 3.94. The number of hydrogen-bond acceptors (Lipinski definition) is 4. The van der Waals surface area contributed by atoms with E-state index in [2.05, 4.69) is 15.6 Å². The number of rotatable bonds is 4. The Morgan fingerprint density at radius 2 is 2.13 bits per heavy atom. The average molecular weight is 363 g/mol. The summed E-state index contributed by atoms with van der Waals surface area (Å²) in [4.78, 5) is 27.9. The van der Waals surface area contributed by atoms with E-state index in [9.17, 15) is 9.59 Å². The SMILES string of the molecule is CC1(N)CCCCC1C(=O)NCC(=O)Nc1cccnc1.Cl.Cl. The van der Waals surface area contributed by atoms with Gasteiger partial charge in [0.25, 0.3) is 0 Å². The van der Waals surface area contributed by atoms with Gasteiger partial charge in [0.05, 0.1) is 24.3 Å². The largest absolute Gasteiger partial charge is 0.347 e. The van der Waals surface area contributed by atoms with Crippen molar-refractivity contribution in [2.24, 2.45) is 11.7 Å². The summed E-state index contributed by atoms with van der Waals surface area (Å²) in [5.41, 5.74) is 6.31. The molecule has 4 N–H and O–H groups in total. The fraction of sp³-hybridized carbons (Fsp3) is 0.533. The quantitative estimate of drug-likeness (QED) is 0.761. The monoisotopic (exact) mass is 362 g/mol. The second-order valence-corrected chi connectivity index (χ2v) is 5.81. The Labute approximate surface area is 148 Å². The van der Waals surface area contributed by atoms with E-state index in [1.807, 2.05) is 6.92 Å². The highest BCUT2D eigenvalue weighted by Gasteiger charge is 2.37. The summed E-state index contributed by atoms with van der Waals surface area (Å²) < 4.78 is 0. The molecular weight excluding hydrogens is 339 g/mol. The molecule has 0 spiro atoms. The number of halogens is 2. The predicted molar refractivity (Wildman–Crippen MR) is 94.9 cm³/mol. The van der Waals surface area contributed by atoms with Gasteiger partial charge >= 0.3 is 0 Å². The summed E-state index contributed by atoms with van der Waals surface area (Å²) in [6.07, 6.45) is 6.86. The molecule has 2 rings (SSSR count). The van der Waals surface area contributed by atoms with Gasteiger partial charge in [-0.3, -0.25) is 14.6 Å². The Balaban J connectivity index is 0.00000242. The number of nitrogens with one attached hydrogen (secondary N) is 2. The van der Waals surface area contributed by atoms with Crippen molar-refractivity contribution in [2.45, 2.75) is 38.1 Å². The zero-order valence-electron chi connectivity index (χ0n) is 13.1. The van der Waals surface area contributed by atoms with Gasteiger partial charge in [-0.1, -0.05) is 12.8 Å². The van der Waals surface area contributed by atoms with Crippen LogP contribution in [0.4, 0.5) is 5.69 Å². The van der Waals surface area contributed by atoms with Crippen molar-refractivity contribution >= 4 is 42.3 Å². The van der Waals surface area contributed by atoms with E-state index in [0.717, 1.165) is 25.7 Å². The third-order valence-electron chi connectivity index (χ3n) is 3.94. The number of nitrogens with zero attached hydrogens (tertiary/aromatic N) is 1. The zero-order chi connectivity index (χ0) is 15.3. The number of hydrogen-bond donors (Lipinski definition) is 3. The molecule has 1 aliphatic rings. The summed E-state index contributed by atoms with van der Waals surface area (Å²) in [5.74, 6) is -0.635. The zero-order valence-corrected chi connectivity index (χ0v) is 14.7. The van der Waals surface area contributed by atoms with Crippen LogP contribution >= 0.6 is 24.8 Å². The first-order valence-electron chi connectivity index (χ1n) is 7.25. The lowest BCUT2D eigenvalue weighted by molar-refractivity contribution is -0.130. The number of carbonyl (C=O) groups is 2. The minimum Gasteiger partial charge on any atom is -0.347 e. The molecule has 1 aliphatic carbocycles. The molecule has 1 aromatic rings. The van der Waals surface area contributed by atoms with Gasteiger partial charge in [-0.25, -0.2) is 0 Å². The fourth-order valence-corrected chi connectivity index (χ4v) is 2.72. The van der Waals surface area contributed by atoms with Crippen LogP contribution in [-0.4, -0.2) is 28.9 Å². The number of nitrogens with two attached hydrogens (primary N) is 1. The van der Waals surface area contributed by atoms with Crippen molar-refractivity contribution in [1.29, 1.82) is 0 Å². The number of amides is 2. The molecular formula is C15H24Cl2N4O2. The highest BCUT2D eigenvalue weighted by atomic mass is 35.5. The van der Waals surface area contributed by atoms with E-state index in [0.29, 0.717) is 5.69 Å². The van der Waals surface area contributed by atoms with Gasteiger partial charge in [0.1, 0.15) is 0 Å². The van der Waals surface area contributed by atoms with Crippen molar-refractivity contribution in [2.75, 3.05) is 11.9 Å². The van der Waals surface area contributed by atoms with Crippen LogP contribution in [0.25, 0.3) is 0 Å². The lowest BCUT2D eigenvalue weighted by Crippen LogP contribution is -2.53. The molecule has 6 nitrogen and oxygen atoms in total. The van der Waals surface area contributed by atoms with Gasteiger partial charge in [-0.05, 0) is 31.9 Å². The summed E-state index contributed by atoms with van der Waals surface area (Å²) in [7, 11) is 0. The molecule has 1 heterocycles. The van der Waals surface area contributed by atoms with Gasteiger partial charge in [0, 0.05) is 11.7 Å². The van der Waals surface area contributed by atoms with Crippen molar-refractivity contribution in [1.82, 2.24) is 10.3 Å². The molecule has 0 bridgehead atoms. The number of anilines is 1. The summed E-state index contributed by atoms with van der Waals surface area (Å²) in [5, 5.41) is 5.35. The molecule has 130 valence electrons. The normalized spacial score (nSPS) is 23.0. The van der Waals surface area contributed by atoms with Crippen LogP contribution in [0.2, 0.25) is 0 Å². The van der Waals surface area contributed by atoms with Crippen molar-refractivity contribution in [3.8, 4) is 0 Å². The summed E-state index contributed by atoms with van der Waals surface area (Å²) in [6.45, 7) is 1.85. The Hall–Kier alpha value is -1.37. The highest BCUT2D eigenvalue weighted by molar-refractivity contribution is 5.94. The fourth-order valence-electron chi connectivity index (χ4n) is 2.72. The van der Waals surface area contributed by atoms with Gasteiger partial charge in [0.15, 0.2) is 0 Å². The molecule has 0 radical (unpaired) electrons. The molecule has 2 unspecified atom stereocenters. The molecule has 1 aromatic heterocycles. The summed E-state index contributed by atoms with van der Waals surface area (Å²) in [6, 6.07) is 3.47. The van der Waals surface area contributed by atoms with Crippen molar-refractivity contribution in [3.05, 3.63) is 24.5 Å². The second kappa shape index (κ2) is 9.70. The molecule has 0 aromatic carbocycles. The van der Waals surface area contributed by atoms with Crippen LogP contribution in [0.1, 0.15) is 32.6 Å². The number of aromatic nitrogens is 1. The Bertz CT molecular complexity index is 511. The van der Waals surface area contributed by atoms with E-state index >= 15 is 0 Å². The first kappa shape index (κ1) is 21.6. The van der Waals surface area contributed by atoms with E-state index in [-0.39, 0.29) is 49.1 Å². The van der Waals surface area contributed by atoms with Gasteiger partial charge < -0.3 is 16.4 Å². The van der Waals surface area contributed by atoms with E-state index in [1.165, 1.54) is 0 Å². The molecule has 8 heteroatoms. The first-order valence-corrected chi connectivity index (χ1v) is 7.25. The van der Waals surface area contributed by atoms with Crippen LogP contribution in [-0.2, 0) is 9.59 Å². The smallest absolute Gasteiger partial charge is 0.243 e. The average Bonchev–Trinajstić information content (AvgIpc) is 2.45. The molecule has 0 aliphatic heterocycles. The Morgan fingerprint density at radius 3 is 2.74 bits per heavy atom. The van der Waals surface area contributed by atoms with Gasteiger partial charge in [-0.2, -0.15) is 0 Å². The van der Waals surface area contributed by atoms with E-state index in [4.69, 9.17) is 5.73 Å². The molecule has 1 fully saturated rings. The minimum atomic E-state index is -0.484. The van der Waals surface area contributed by atoms with Crippen molar-refractivity contribution in [3.63, 3.8) is 0 Å². The third kappa shape index (κ3) is 6.33.